The molecule has 1 aliphatic heterocycles. The largest absolute Gasteiger partial charge is 0.490 e. The third kappa shape index (κ3) is 5.23. The van der Waals surface area contributed by atoms with E-state index in [-0.39, 0.29) is 17.2 Å². The van der Waals surface area contributed by atoms with Crippen LogP contribution in [-0.4, -0.2) is 18.5 Å². The lowest BCUT2D eigenvalue weighted by molar-refractivity contribution is -0.129. The number of nitrogens with zero attached hydrogens (tertiary/aromatic N) is 1. The van der Waals surface area contributed by atoms with Crippen LogP contribution in [0.5, 0.6) is 11.5 Å². The van der Waals surface area contributed by atoms with Crippen molar-refractivity contribution in [2.45, 2.75) is 20.5 Å². The van der Waals surface area contributed by atoms with Crippen LogP contribution in [0, 0.1) is 12.7 Å². The first-order valence-corrected chi connectivity index (χ1v) is 10.7. The van der Waals surface area contributed by atoms with Gasteiger partial charge in [0.05, 0.1) is 17.2 Å². The number of aliphatic imine (C=N–C) groups is 1. The summed E-state index contributed by atoms with van der Waals surface area (Å²) in [6, 6.07) is 17.3. The Hall–Kier alpha value is -3.64. The molecule has 1 heterocycles. The van der Waals surface area contributed by atoms with Gasteiger partial charge in [-0.15, -0.1) is 0 Å². The Morgan fingerprint density at radius 2 is 1.91 bits per heavy atom. The molecule has 0 saturated carbocycles. The van der Waals surface area contributed by atoms with Gasteiger partial charge >= 0.3 is 5.97 Å². The Bertz CT molecular complexity index is 1270. The summed E-state index contributed by atoms with van der Waals surface area (Å²) in [5.74, 6) is -0.441. The van der Waals surface area contributed by atoms with Crippen molar-refractivity contribution in [3.8, 4) is 11.5 Å². The monoisotopic (exact) mass is 465 g/mol. The molecular formula is C26H21ClFNO4. The van der Waals surface area contributed by atoms with Gasteiger partial charge in [-0.1, -0.05) is 53.6 Å². The van der Waals surface area contributed by atoms with Crippen molar-refractivity contribution in [2.24, 2.45) is 4.99 Å². The average molecular weight is 466 g/mol. The van der Waals surface area contributed by atoms with E-state index in [1.54, 1.807) is 24.3 Å². The van der Waals surface area contributed by atoms with Crippen molar-refractivity contribution in [2.75, 3.05) is 6.61 Å². The molecule has 0 bridgehead atoms. The van der Waals surface area contributed by atoms with Gasteiger partial charge in [0, 0.05) is 0 Å². The number of hydrogen-bond acceptors (Lipinski definition) is 5. The second kappa shape index (κ2) is 9.88. The third-order valence-electron chi connectivity index (χ3n) is 4.83. The van der Waals surface area contributed by atoms with E-state index in [2.05, 4.69) is 4.99 Å². The van der Waals surface area contributed by atoms with E-state index in [0.717, 1.165) is 11.1 Å². The van der Waals surface area contributed by atoms with Crippen LogP contribution in [0.15, 0.2) is 71.4 Å². The molecule has 5 nitrogen and oxygen atoms in total. The molecule has 3 aromatic carbocycles. The summed E-state index contributed by atoms with van der Waals surface area (Å²) < 4.78 is 30.9. The van der Waals surface area contributed by atoms with Gasteiger partial charge in [-0.05, 0) is 55.3 Å². The Labute approximate surface area is 196 Å². The lowest BCUT2D eigenvalue weighted by atomic mass is 10.1. The Kier molecular flexibility index (Phi) is 6.75. The van der Waals surface area contributed by atoms with Crippen LogP contribution in [0.25, 0.3) is 6.08 Å². The Morgan fingerprint density at radius 3 is 2.67 bits per heavy atom. The number of rotatable bonds is 7. The minimum absolute atomic E-state index is 0.0280. The molecule has 1 aliphatic rings. The Balaban J connectivity index is 1.62. The summed E-state index contributed by atoms with van der Waals surface area (Å²) in [5.41, 5.74) is 2.84. The van der Waals surface area contributed by atoms with E-state index >= 15 is 0 Å². The van der Waals surface area contributed by atoms with E-state index in [4.69, 9.17) is 25.8 Å². The molecular weight excluding hydrogens is 445 g/mol. The zero-order valence-electron chi connectivity index (χ0n) is 18.1. The highest BCUT2D eigenvalue weighted by atomic mass is 35.5. The molecule has 0 N–H and O–H groups in total. The molecule has 0 radical (unpaired) electrons. The van der Waals surface area contributed by atoms with Crippen molar-refractivity contribution in [3.63, 3.8) is 0 Å². The molecule has 33 heavy (non-hydrogen) atoms. The summed E-state index contributed by atoms with van der Waals surface area (Å²) in [6.45, 7) is 4.58. The molecule has 3 aromatic rings. The zero-order valence-corrected chi connectivity index (χ0v) is 18.9. The fourth-order valence-electron chi connectivity index (χ4n) is 3.35. The van der Waals surface area contributed by atoms with Crippen molar-refractivity contribution in [1.82, 2.24) is 0 Å². The quantitative estimate of drug-likeness (QED) is 0.312. The second-order valence-corrected chi connectivity index (χ2v) is 7.76. The summed E-state index contributed by atoms with van der Waals surface area (Å²) in [6.07, 6.45) is 1.51. The molecule has 0 amide bonds. The van der Waals surface area contributed by atoms with Crippen LogP contribution < -0.4 is 9.47 Å². The fraction of sp³-hybridized carbons (Fsp3) is 0.154. The van der Waals surface area contributed by atoms with Gasteiger partial charge in [-0.2, -0.15) is 0 Å². The number of esters is 1. The van der Waals surface area contributed by atoms with Crippen LogP contribution in [0.3, 0.4) is 0 Å². The van der Waals surface area contributed by atoms with Crippen molar-refractivity contribution in [3.05, 3.63) is 99.5 Å². The lowest BCUT2D eigenvalue weighted by Gasteiger charge is -2.15. The first kappa shape index (κ1) is 22.6. The molecule has 0 aliphatic carbocycles. The molecule has 0 saturated heterocycles. The molecule has 0 fully saturated rings. The van der Waals surface area contributed by atoms with Gasteiger partial charge in [-0.3, -0.25) is 0 Å². The highest BCUT2D eigenvalue weighted by Crippen LogP contribution is 2.38. The van der Waals surface area contributed by atoms with Crippen LogP contribution in [0.4, 0.5) is 4.39 Å². The normalized spacial score (nSPS) is 14.2. The van der Waals surface area contributed by atoms with Crippen molar-refractivity contribution < 1.29 is 23.4 Å². The molecule has 0 spiro atoms. The standard InChI is InChI=1S/C26H21ClFNO4/c1-3-31-23-14-18(12-20(27)24(23)32-15-17-8-6-7-16(2)11-17)13-22-26(30)33-25(29-22)19-9-4-5-10-21(19)28/h4-14H,3,15H2,1-2H3/b22-13-. The molecule has 0 unspecified atom stereocenters. The van der Waals surface area contributed by atoms with Crippen molar-refractivity contribution in [1.29, 1.82) is 0 Å². The third-order valence-corrected chi connectivity index (χ3v) is 5.11. The lowest BCUT2D eigenvalue weighted by Crippen LogP contribution is -2.07. The molecule has 4 rings (SSSR count). The van der Waals surface area contributed by atoms with Gasteiger partial charge in [0.2, 0.25) is 5.90 Å². The number of ether oxygens (including phenoxy) is 3. The molecule has 168 valence electrons. The predicted octanol–water partition coefficient (Wildman–Crippen LogP) is 6.11. The van der Waals surface area contributed by atoms with Crippen LogP contribution in [-0.2, 0) is 16.1 Å². The van der Waals surface area contributed by atoms with Gasteiger partial charge in [0.25, 0.3) is 0 Å². The SMILES string of the molecule is CCOc1cc(/C=C2\N=C(c3ccccc3F)OC2=O)cc(Cl)c1OCc1cccc(C)c1. The van der Waals surface area contributed by atoms with Gasteiger partial charge in [0.1, 0.15) is 12.4 Å². The van der Waals surface area contributed by atoms with Gasteiger partial charge in [-0.25, -0.2) is 14.2 Å². The topological polar surface area (TPSA) is 57.1 Å². The second-order valence-electron chi connectivity index (χ2n) is 7.36. The first-order chi connectivity index (χ1) is 15.9. The smallest absolute Gasteiger partial charge is 0.363 e. The molecule has 7 heteroatoms. The fourth-order valence-corrected chi connectivity index (χ4v) is 3.62. The molecule has 0 aromatic heterocycles. The van der Waals surface area contributed by atoms with Crippen LogP contribution in [0.2, 0.25) is 5.02 Å². The van der Waals surface area contributed by atoms with Crippen LogP contribution >= 0.6 is 11.6 Å². The number of benzene rings is 3. The van der Waals surface area contributed by atoms with E-state index in [1.165, 1.54) is 18.2 Å². The van der Waals surface area contributed by atoms with Gasteiger partial charge < -0.3 is 14.2 Å². The van der Waals surface area contributed by atoms with E-state index in [9.17, 15) is 9.18 Å². The maximum absolute atomic E-state index is 14.0. The minimum atomic E-state index is -0.679. The van der Waals surface area contributed by atoms with Crippen molar-refractivity contribution >= 4 is 29.5 Å². The minimum Gasteiger partial charge on any atom is -0.490 e. The van der Waals surface area contributed by atoms with E-state index < -0.39 is 11.8 Å². The highest BCUT2D eigenvalue weighted by Gasteiger charge is 2.26. The van der Waals surface area contributed by atoms with Crippen LogP contribution in [0.1, 0.15) is 29.2 Å². The summed E-state index contributed by atoms with van der Waals surface area (Å²) in [4.78, 5) is 16.5. The summed E-state index contributed by atoms with van der Waals surface area (Å²) in [7, 11) is 0. The predicted molar refractivity (Wildman–Crippen MR) is 125 cm³/mol. The maximum atomic E-state index is 14.0. The summed E-state index contributed by atoms with van der Waals surface area (Å²) >= 11 is 6.50. The molecule has 0 atom stereocenters. The zero-order chi connectivity index (χ0) is 23.4. The highest BCUT2D eigenvalue weighted by molar-refractivity contribution is 6.32. The first-order valence-electron chi connectivity index (χ1n) is 10.4. The van der Waals surface area contributed by atoms with E-state index in [0.29, 0.717) is 35.3 Å². The number of carbonyl (C=O) groups is 1. The number of aryl methyl sites for hydroxylation is 1. The number of halogens is 2. The number of carbonyl (C=O) groups excluding carboxylic acids is 1. The van der Waals surface area contributed by atoms with Gasteiger partial charge in [0.15, 0.2) is 17.2 Å². The van der Waals surface area contributed by atoms with E-state index in [1.807, 2.05) is 38.1 Å². The number of hydrogen-bond donors (Lipinski definition) is 0. The Morgan fingerprint density at radius 1 is 1.09 bits per heavy atom. The maximum Gasteiger partial charge on any atom is 0.363 e. The summed E-state index contributed by atoms with van der Waals surface area (Å²) in [5, 5.41) is 0.324. The average Bonchev–Trinajstić information content (AvgIpc) is 3.13. The number of cyclic esters (lactones) is 1.